The van der Waals surface area contributed by atoms with Gasteiger partial charge in [-0.25, -0.2) is 0 Å². The summed E-state index contributed by atoms with van der Waals surface area (Å²) in [6.07, 6.45) is 1.82. The third-order valence-electron chi connectivity index (χ3n) is 7.29. The van der Waals surface area contributed by atoms with E-state index in [9.17, 15) is 9.59 Å². The van der Waals surface area contributed by atoms with Gasteiger partial charge < -0.3 is 16.0 Å². The average Bonchev–Trinajstić information content (AvgIpc) is 3.24. The SMILES string of the molecule is CNCCN1CCC[C@@]1(C)C(=O)Nc1ccc(C)c(C(=O)N[C@H](C)c2cccc3ccccc23)c1. The first-order chi connectivity index (χ1) is 16.8. The molecule has 4 rings (SSSR count). The first-order valence-corrected chi connectivity index (χ1v) is 12.4. The number of likely N-dealkylation sites (N-methyl/N-ethyl adjacent to an activating group) is 1. The van der Waals surface area contributed by atoms with Gasteiger partial charge in [0.05, 0.1) is 11.6 Å². The van der Waals surface area contributed by atoms with Crippen LogP contribution >= 0.6 is 0 Å². The van der Waals surface area contributed by atoms with Gasteiger partial charge in [0.1, 0.15) is 0 Å². The highest BCUT2D eigenvalue weighted by molar-refractivity contribution is 6.01. The first-order valence-electron chi connectivity index (χ1n) is 12.4. The Kier molecular flexibility index (Phi) is 7.53. The van der Waals surface area contributed by atoms with Gasteiger partial charge in [-0.1, -0.05) is 48.5 Å². The summed E-state index contributed by atoms with van der Waals surface area (Å²) in [5.74, 6) is -0.174. The summed E-state index contributed by atoms with van der Waals surface area (Å²) in [6, 6.07) is 19.7. The van der Waals surface area contributed by atoms with Crippen molar-refractivity contribution in [3.05, 3.63) is 77.4 Å². The topological polar surface area (TPSA) is 73.5 Å². The lowest BCUT2D eigenvalue weighted by Gasteiger charge is -2.34. The summed E-state index contributed by atoms with van der Waals surface area (Å²) in [6.45, 7) is 8.51. The molecule has 1 aliphatic rings. The van der Waals surface area contributed by atoms with Crippen LogP contribution in [0.15, 0.2) is 60.7 Å². The molecule has 0 radical (unpaired) electrons. The van der Waals surface area contributed by atoms with Crippen LogP contribution in [0, 0.1) is 6.92 Å². The maximum absolute atomic E-state index is 13.3. The van der Waals surface area contributed by atoms with Crippen LogP contribution in [-0.2, 0) is 4.79 Å². The number of hydrogen-bond donors (Lipinski definition) is 3. The number of benzene rings is 3. The van der Waals surface area contributed by atoms with Crippen molar-refractivity contribution in [2.24, 2.45) is 0 Å². The van der Waals surface area contributed by atoms with Crippen molar-refractivity contribution >= 4 is 28.3 Å². The van der Waals surface area contributed by atoms with Crippen molar-refractivity contribution < 1.29 is 9.59 Å². The Bertz CT molecular complexity index is 1220. The zero-order valence-corrected chi connectivity index (χ0v) is 21.2. The van der Waals surface area contributed by atoms with Crippen LogP contribution in [0.25, 0.3) is 10.8 Å². The fraction of sp³-hybridized carbons (Fsp3) is 0.379. The summed E-state index contributed by atoms with van der Waals surface area (Å²) >= 11 is 0. The number of nitrogens with zero attached hydrogens (tertiary/aromatic N) is 1. The predicted octanol–water partition coefficient (Wildman–Crippen LogP) is 4.65. The van der Waals surface area contributed by atoms with Crippen molar-refractivity contribution in [2.75, 3.05) is 32.0 Å². The minimum atomic E-state index is -0.549. The lowest BCUT2D eigenvalue weighted by atomic mass is 9.97. The van der Waals surface area contributed by atoms with E-state index in [2.05, 4.69) is 45.1 Å². The molecule has 35 heavy (non-hydrogen) atoms. The molecule has 2 atom stereocenters. The van der Waals surface area contributed by atoms with Crippen LogP contribution < -0.4 is 16.0 Å². The second kappa shape index (κ2) is 10.6. The quantitative estimate of drug-likeness (QED) is 0.446. The van der Waals surface area contributed by atoms with Gasteiger partial charge in [0.15, 0.2) is 0 Å². The van der Waals surface area contributed by atoms with Crippen LogP contribution in [0.2, 0.25) is 0 Å². The number of aryl methyl sites for hydroxylation is 1. The van der Waals surface area contributed by atoms with E-state index in [-0.39, 0.29) is 17.9 Å². The van der Waals surface area contributed by atoms with Gasteiger partial charge in [-0.2, -0.15) is 0 Å². The van der Waals surface area contributed by atoms with Crippen LogP contribution in [0.5, 0.6) is 0 Å². The van der Waals surface area contributed by atoms with Gasteiger partial charge >= 0.3 is 0 Å². The molecular weight excluding hydrogens is 436 g/mol. The fourth-order valence-electron chi connectivity index (χ4n) is 5.07. The highest BCUT2D eigenvalue weighted by atomic mass is 16.2. The summed E-state index contributed by atoms with van der Waals surface area (Å²) < 4.78 is 0. The molecule has 1 saturated heterocycles. The zero-order valence-electron chi connectivity index (χ0n) is 21.2. The van der Waals surface area contributed by atoms with Crippen molar-refractivity contribution in [3.8, 4) is 0 Å². The van der Waals surface area contributed by atoms with E-state index in [0.717, 1.165) is 54.4 Å². The van der Waals surface area contributed by atoms with Crippen molar-refractivity contribution in [3.63, 3.8) is 0 Å². The Morgan fingerprint density at radius 1 is 1.09 bits per heavy atom. The molecule has 1 heterocycles. The lowest BCUT2D eigenvalue weighted by Crippen LogP contribution is -2.52. The molecule has 1 aliphatic heterocycles. The predicted molar refractivity (Wildman–Crippen MR) is 143 cm³/mol. The molecule has 0 bridgehead atoms. The van der Waals surface area contributed by atoms with Gasteiger partial charge in [-0.15, -0.1) is 0 Å². The maximum Gasteiger partial charge on any atom is 0.252 e. The van der Waals surface area contributed by atoms with E-state index in [1.165, 1.54) is 0 Å². The van der Waals surface area contributed by atoms with E-state index in [0.29, 0.717) is 11.3 Å². The largest absolute Gasteiger partial charge is 0.345 e. The monoisotopic (exact) mass is 472 g/mol. The van der Waals surface area contributed by atoms with Gasteiger partial charge in [-0.05, 0) is 81.2 Å². The number of hydrogen-bond acceptors (Lipinski definition) is 4. The molecule has 3 N–H and O–H groups in total. The van der Waals surface area contributed by atoms with E-state index < -0.39 is 5.54 Å². The number of rotatable bonds is 8. The zero-order chi connectivity index (χ0) is 25.0. The van der Waals surface area contributed by atoms with Gasteiger partial charge in [0, 0.05) is 24.3 Å². The molecule has 0 spiro atoms. The number of fused-ring (bicyclic) bond motifs is 1. The molecule has 1 fully saturated rings. The molecule has 184 valence electrons. The summed E-state index contributed by atoms with van der Waals surface area (Å²) in [5.41, 5.74) is 2.61. The normalized spacial score (nSPS) is 19.0. The van der Waals surface area contributed by atoms with Crippen molar-refractivity contribution in [1.29, 1.82) is 0 Å². The lowest BCUT2D eigenvalue weighted by molar-refractivity contribution is -0.125. The fourth-order valence-corrected chi connectivity index (χ4v) is 5.07. The summed E-state index contributed by atoms with van der Waals surface area (Å²) in [7, 11) is 1.92. The Morgan fingerprint density at radius 3 is 2.66 bits per heavy atom. The van der Waals surface area contributed by atoms with E-state index in [1.807, 2.05) is 58.2 Å². The standard InChI is InChI=1S/C29H36N4O2/c1-20-13-14-23(32-28(35)29(3)15-8-17-33(29)18-16-30-4)19-26(20)27(34)31-21(2)24-12-7-10-22-9-5-6-11-25(22)24/h5-7,9-14,19,21,30H,8,15-18H2,1-4H3,(H,31,34)(H,32,35)/t21-,29+/m1/s1. The highest BCUT2D eigenvalue weighted by Gasteiger charge is 2.42. The maximum atomic E-state index is 13.3. The van der Waals surface area contributed by atoms with E-state index in [4.69, 9.17) is 0 Å². The smallest absolute Gasteiger partial charge is 0.252 e. The van der Waals surface area contributed by atoms with Gasteiger partial charge in [-0.3, -0.25) is 14.5 Å². The first kappa shape index (κ1) is 24.9. The van der Waals surface area contributed by atoms with Gasteiger partial charge in [0.2, 0.25) is 5.91 Å². The van der Waals surface area contributed by atoms with Crippen molar-refractivity contribution in [2.45, 2.75) is 45.2 Å². The Balaban J connectivity index is 1.50. The Hall–Kier alpha value is -3.22. The molecule has 3 aromatic carbocycles. The number of carbonyl (C=O) groups is 2. The Labute approximate surface area is 208 Å². The molecule has 2 amide bonds. The molecule has 3 aromatic rings. The number of amides is 2. The van der Waals surface area contributed by atoms with Crippen LogP contribution in [0.1, 0.15) is 54.2 Å². The summed E-state index contributed by atoms with van der Waals surface area (Å²) in [4.78, 5) is 28.8. The second-order valence-corrected chi connectivity index (χ2v) is 9.72. The molecule has 6 heteroatoms. The highest BCUT2D eigenvalue weighted by Crippen LogP contribution is 2.30. The molecule has 0 aliphatic carbocycles. The van der Waals surface area contributed by atoms with Crippen LogP contribution in [0.3, 0.4) is 0 Å². The number of nitrogens with one attached hydrogen (secondary N) is 3. The molecule has 0 aromatic heterocycles. The molecular formula is C29H36N4O2. The van der Waals surface area contributed by atoms with Crippen molar-refractivity contribution in [1.82, 2.24) is 15.5 Å². The number of anilines is 1. The number of carbonyl (C=O) groups excluding carboxylic acids is 2. The van der Waals surface area contributed by atoms with Crippen LogP contribution in [-0.4, -0.2) is 48.9 Å². The third kappa shape index (κ3) is 5.24. The molecule has 6 nitrogen and oxygen atoms in total. The summed E-state index contributed by atoms with van der Waals surface area (Å²) in [5, 5.41) is 11.7. The molecule has 0 unspecified atom stereocenters. The van der Waals surface area contributed by atoms with E-state index in [1.54, 1.807) is 6.07 Å². The molecule has 0 saturated carbocycles. The third-order valence-corrected chi connectivity index (χ3v) is 7.29. The van der Waals surface area contributed by atoms with E-state index >= 15 is 0 Å². The second-order valence-electron chi connectivity index (χ2n) is 9.72. The van der Waals surface area contributed by atoms with Gasteiger partial charge in [0.25, 0.3) is 5.91 Å². The number of likely N-dealkylation sites (tertiary alicyclic amines) is 1. The average molecular weight is 473 g/mol. The minimum absolute atomic E-state index is 0.0227. The van der Waals surface area contributed by atoms with Crippen LogP contribution in [0.4, 0.5) is 5.69 Å². The Morgan fingerprint density at radius 2 is 1.86 bits per heavy atom. The minimum Gasteiger partial charge on any atom is -0.345 e.